The minimum absolute atomic E-state index is 0.0814. The van der Waals surface area contributed by atoms with Crippen LogP contribution in [0.5, 0.6) is 0 Å². The lowest BCUT2D eigenvalue weighted by atomic mass is 9.92. The third kappa shape index (κ3) is 2.76. The summed E-state index contributed by atoms with van der Waals surface area (Å²) in [7, 11) is 0. The van der Waals surface area contributed by atoms with Crippen LogP contribution < -0.4 is 0 Å². The van der Waals surface area contributed by atoms with Crippen molar-refractivity contribution < 1.29 is 4.52 Å². The molecule has 4 rings (SSSR count). The lowest BCUT2D eigenvalue weighted by Crippen LogP contribution is -2.10. The van der Waals surface area contributed by atoms with Gasteiger partial charge in [0.25, 0.3) is 0 Å². The number of nitriles is 1. The summed E-state index contributed by atoms with van der Waals surface area (Å²) in [5, 5.41) is 13.5. The number of fused-ring (bicyclic) bond motifs is 1. The quantitative estimate of drug-likeness (QED) is 0.552. The van der Waals surface area contributed by atoms with Crippen molar-refractivity contribution in [2.75, 3.05) is 0 Å². The smallest absolute Gasteiger partial charge is 0.202 e. The van der Waals surface area contributed by atoms with E-state index in [1.54, 1.807) is 0 Å². The molecule has 0 atom stereocenters. The second-order valence-electron chi connectivity index (χ2n) is 7.30. The van der Waals surface area contributed by atoms with Crippen LogP contribution in [0.1, 0.15) is 32.0 Å². The van der Waals surface area contributed by atoms with Gasteiger partial charge < -0.3 is 9.51 Å². The molecule has 2 aromatic carbocycles. The monoisotopic (exact) mass is 342 g/mol. The number of benzene rings is 2. The highest BCUT2D eigenvalue weighted by Gasteiger charge is 2.20. The largest absolute Gasteiger partial charge is 0.353 e. The molecule has 0 aliphatic carbocycles. The Hall–Kier alpha value is -3.39. The van der Waals surface area contributed by atoms with E-state index < -0.39 is 0 Å². The maximum atomic E-state index is 9.32. The lowest BCUT2D eigenvalue weighted by Gasteiger charge is -2.12. The molecule has 0 aliphatic rings. The molecule has 1 N–H and O–H groups in total. The van der Waals surface area contributed by atoms with Gasteiger partial charge in [0, 0.05) is 11.5 Å². The maximum Gasteiger partial charge on any atom is 0.202 e. The minimum atomic E-state index is -0.0814. The van der Waals surface area contributed by atoms with Crippen molar-refractivity contribution in [1.82, 2.24) is 15.1 Å². The van der Waals surface area contributed by atoms with E-state index in [0.717, 1.165) is 27.9 Å². The number of rotatable bonds is 2. The summed E-state index contributed by atoms with van der Waals surface area (Å²) in [5.41, 5.74) is 5.06. The Balaban J connectivity index is 1.77. The van der Waals surface area contributed by atoms with Gasteiger partial charge in [-0.05, 0) is 29.3 Å². The number of nitrogens with one attached hydrogen (secondary N) is 1. The van der Waals surface area contributed by atoms with E-state index in [0.29, 0.717) is 17.1 Å². The van der Waals surface area contributed by atoms with E-state index in [2.05, 4.69) is 42.0 Å². The lowest BCUT2D eigenvalue weighted by molar-refractivity contribution is 0.401. The first-order valence-corrected chi connectivity index (χ1v) is 8.42. The van der Waals surface area contributed by atoms with Crippen molar-refractivity contribution in [3.05, 3.63) is 59.8 Å². The van der Waals surface area contributed by atoms with Crippen molar-refractivity contribution in [2.45, 2.75) is 26.2 Å². The van der Waals surface area contributed by atoms with Gasteiger partial charge in [0.1, 0.15) is 0 Å². The van der Waals surface area contributed by atoms with Crippen LogP contribution in [0.2, 0.25) is 0 Å². The van der Waals surface area contributed by atoms with E-state index in [1.807, 2.05) is 48.5 Å². The second kappa shape index (κ2) is 5.85. The number of H-pyrrole nitrogens is 1. The van der Waals surface area contributed by atoms with Crippen molar-refractivity contribution >= 4 is 11.0 Å². The number of hydrogen-bond acceptors (Lipinski definition) is 4. The number of imidazole rings is 1. The first-order valence-electron chi connectivity index (χ1n) is 8.42. The fraction of sp³-hybridized carbons (Fsp3) is 0.190. The Bertz CT molecular complexity index is 1140. The van der Waals surface area contributed by atoms with Gasteiger partial charge in [0.15, 0.2) is 5.82 Å². The predicted molar refractivity (Wildman–Crippen MR) is 100 cm³/mol. The van der Waals surface area contributed by atoms with Crippen molar-refractivity contribution in [3.63, 3.8) is 0 Å². The summed E-state index contributed by atoms with van der Waals surface area (Å²) in [6.07, 6.45) is 0. The Morgan fingerprint density at radius 3 is 2.62 bits per heavy atom. The van der Waals surface area contributed by atoms with Gasteiger partial charge >= 0.3 is 0 Å². The van der Waals surface area contributed by atoms with Gasteiger partial charge in [-0.25, -0.2) is 4.98 Å². The van der Waals surface area contributed by atoms with Crippen LogP contribution in [0.25, 0.3) is 33.7 Å². The highest BCUT2D eigenvalue weighted by atomic mass is 16.5. The molecule has 0 spiro atoms. The first-order chi connectivity index (χ1) is 12.5. The molecule has 4 aromatic rings. The Morgan fingerprint density at radius 1 is 1.08 bits per heavy atom. The molecule has 0 saturated heterocycles. The third-order valence-electron chi connectivity index (χ3n) is 4.35. The van der Waals surface area contributed by atoms with Crippen LogP contribution in [0, 0.1) is 11.3 Å². The molecule has 0 saturated carbocycles. The molecular formula is C21H18N4O. The number of aromatic amines is 1. The van der Waals surface area contributed by atoms with Gasteiger partial charge in [-0.3, -0.25) is 0 Å². The van der Waals surface area contributed by atoms with Crippen molar-refractivity contribution in [1.29, 1.82) is 5.26 Å². The van der Waals surface area contributed by atoms with Crippen LogP contribution in [0.3, 0.4) is 0 Å². The van der Waals surface area contributed by atoms with Crippen molar-refractivity contribution in [3.8, 4) is 28.8 Å². The van der Waals surface area contributed by atoms with Gasteiger partial charge in [-0.1, -0.05) is 50.2 Å². The van der Waals surface area contributed by atoms with E-state index in [9.17, 15) is 5.26 Å². The van der Waals surface area contributed by atoms with E-state index in [1.165, 1.54) is 0 Å². The first kappa shape index (κ1) is 16.1. The standard InChI is InChI=1S/C21H18N4O/c1-21(2,3)19-11-18(26-25-19)20-23-16-9-8-13(10-17(16)24-20)15-7-5-4-6-14(15)12-22/h4-11H,1-3H3,(H,23,24). The average molecular weight is 342 g/mol. The topological polar surface area (TPSA) is 78.5 Å². The summed E-state index contributed by atoms with van der Waals surface area (Å²) in [4.78, 5) is 7.90. The van der Waals surface area contributed by atoms with Crippen LogP contribution in [0.4, 0.5) is 0 Å². The molecule has 0 amide bonds. The van der Waals surface area contributed by atoms with Crippen LogP contribution in [-0.2, 0) is 5.41 Å². The second-order valence-corrected chi connectivity index (χ2v) is 7.30. The van der Waals surface area contributed by atoms with Crippen LogP contribution >= 0.6 is 0 Å². The molecule has 0 unspecified atom stereocenters. The molecule has 0 aliphatic heterocycles. The summed E-state index contributed by atoms with van der Waals surface area (Å²) >= 11 is 0. The molecule has 26 heavy (non-hydrogen) atoms. The Morgan fingerprint density at radius 2 is 1.88 bits per heavy atom. The summed E-state index contributed by atoms with van der Waals surface area (Å²) in [6.45, 7) is 6.27. The van der Waals surface area contributed by atoms with Crippen molar-refractivity contribution in [2.24, 2.45) is 0 Å². The number of nitrogens with zero attached hydrogens (tertiary/aromatic N) is 3. The molecule has 2 heterocycles. The molecule has 2 aromatic heterocycles. The number of aromatic nitrogens is 3. The number of hydrogen-bond donors (Lipinski definition) is 1. The van der Waals surface area contributed by atoms with Gasteiger partial charge in [-0.2, -0.15) is 5.26 Å². The molecule has 0 radical (unpaired) electrons. The van der Waals surface area contributed by atoms with Gasteiger partial charge in [0.05, 0.1) is 28.4 Å². The summed E-state index contributed by atoms with van der Waals surface area (Å²) < 4.78 is 5.47. The molecule has 5 nitrogen and oxygen atoms in total. The molecular weight excluding hydrogens is 324 g/mol. The van der Waals surface area contributed by atoms with Gasteiger partial charge in [-0.15, -0.1) is 0 Å². The molecule has 0 fully saturated rings. The fourth-order valence-corrected chi connectivity index (χ4v) is 2.87. The SMILES string of the molecule is CC(C)(C)c1cc(-c2nc3ccc(-c4ccccc4C#N)cc3[nH]2)on1. The molecule has 128 valence electrons. The Kier molecular flexibility index (Phi) is 3.62. The van der Waals surface area contributed by atoms with E-state index in [4.69, 9.17) is 4.52 Å². The van der Waals surface area contributed by atoms with Crippen LogP contribution in [0.15, 0.2) is 53.1 Å². The normalized spacial score (nSPS) is 11.6. The van der Waals surface area contributed by atoms with E-state index in [-0.39, 0.29) is 5.41 Å². The highest BCUT2D eigenvalue weighted by Crippen LogP contribution is 2.29. The van der Waals surface area contributed by atoms with E-state index >= 15 is 0 Å². The maximum absolute atomic E-state index is 9.32. The van der Waals surface area contributed by atoms with Crippen LogP contribution in [-0.4, -0.2) is 15.1 Å². The third-order valence-corrected chi connectivity index (χ3v) is 4.35. The minimum Gasteiger partial charge on any atom is -0.353 e. The zero-order valence-corrected chi connectivity index (χ0v) is 14.9. The Labute approximate surface area is 151 Å². The highest BCUT2D eigenvalue weighted by molar-refractivity contribution is 5.85. The molecule has 0 bridgehead atoms. The summed E-state index contributed by atoms with van der Waals surface area (Å²) in [5.74, 6) is 1.26. The fourth-order valence-electron chi connectivity index (χ4n) is 2.87. The summed E-state index contributed by atoms with van der Waals surface area (Å²) in [6, 6.07) is 17.7. The zero-order valence-electron chi connectivity index (χ0n) is 14.9. The molecule has 5 heteroatoms. The predicted octanol–water partition coefficient (Wildman–Crippen LogP) is 5.05. The zero-order chi connectivity index (χ0) is 18.3. The van der Waals surface area contributed by atoms with Gasteiger partial charge in [0.2, 0.25) is 5.76 Å². The average Bonchev–Trinajstić information content (AvgIpc) is 3.27.